The van der Waals surface area contributed by atoms with Gasteiger partial charge in [0.25, 0.3) is 0 Å². The van der Waals surface area contributed by atoms with Gasteiger partial charge in [-0.2, -0.15) is 0 Å². The lowest BCUT2D eigenvalue weighted by Crippen LogP contribution is -2.53. The molecule has 7 nitrogen and oxygen atoms in total. The van der Waals surface area contributed by atoms with Crippen LogP contribution in [0.4, 0.5) is 0 Å². The van der Waals surface area contributed by atoms with E-state index in [1.807, 2.05) is 4.90 Å². The Bertz CT molecular complexity index is 488. The van der Waals surface area contributed by atoms with Crippen molar-refractivity contribution in [2.45, 2.75) is 26.3 Å². The lowest BCUT2D eigenvalue weighted by Gasteiger charge is -2.39. The zero-order valence-electron chi connectivity index (χ0n) is 13.6. The van der Waals surface area contributed by atoms with Gasteiger partial charge in [0, 0.05) is 52.2 Å². The molecule has 0 spiro atoms. The third-order valence-electron chi connectivity index (χ3n) is 4.78. The number of piperazine rings is 1. The molecule has 0 bridgehead atoms. The number of amides is 1. The van der Waals surface area contributed by atoms with Crippen molar-refractivity contribution < 1.29 is 13.2 Å². The molecule has 128 valence electrons. The van der Waals surface area contributed by atoms with Crippen LogP contribution in [-0.2, 0) is 14.8 Å². The van der Waals surface area contributed by atoms with Crippen molar-refractivity contribution in [3.05, 3.63) is 0 Å². The van der Waals surface area contributed by atoms with Crippen molar-refractivity contribution in [3.63, 3.8) is 0 Å². The molecule has 0 saturated carbocycles. The molecule has 0 aromatic rings. The van der Waals surface area contributed by atoms with Crippen LogP contribution in [0, 0.1) is 5.92 Å². The lowest BCUT2D eigenvalue weighted by molar-refractivity contribution is -0.130. The summed E-state index contributed by atoms with van der Waals surface area (Å²) in [4.78, 5) is 18.1. The first kappa shape index (κ1) is 17.7. The van der Waals surface area contributed by atoms with E-state index in [0.29, 0.717) is 18.4 Å². The van der Waals surface area contributed by atoms with E-state index in [1.165, 1.54) is 0 Å². The van der Waals surface area contributed by atoms with E-state index in [0.717, 1.165) is 45.8 Å². The molecule has 0 aromatic heterocycles. The Morgan fingerprint density at radius 2 is 1.82 bits per heavy atom. The molecule has 0 unspecified atom stereocenters. The highest BCUT2D eigenvalue weighted by atomic mass is 32.2. The van der Waals surface area contributed by atoms with Crippen LogP contribution >= 0.6 is 0 Å². The number of nitrogens with two attached hydrogens (primary N) is 1. The Hall–Kier alpha value is -0.700. The summed E-state index contributed by atoms with van der Waals surface area (Å²) in [5.41, 5.74) is 0. The van der Waals surface area contributed by atoms with Gasteiger partial charge in [-0.25, -0.2) is 13.6 Å². The molecule has 0 aromatic carbocycles. The van der Waals surface area contributed by atoms with Crippen LogP contribution in [0.5, 0.6) is 0 Å². The highest BCUT2D eigenvalue weighted by Crippen LogP contribution is 2.23. The predicted octanol–water partition coefficient (Wildman–Crippen LogP) is -0.851. The minimum Gasteiger partial charge on any atom is -0.340 e. The average molecular weight is 332 g/mol. The Labute approximate surface area is 133 Å². The summed E-state index contributed by atoms with van der Waals surface area (Å²) in [7, 11) is -3.35. The maximum atomic E-state index is 11.4. The van der Waals surface area contributed by atoms with Crippen LogP contribution in [-0.4, -0.2) is 86.6 Å². The first-order valence-electron chi connectivity index (χ1n) is 7.98. The van der Waals surface area contributed by atoms with E-state index in [4.69, 9.17) is 5.14 Å². The SMILES string of the molecule is CC(=O)N1CCN([C@@H]2CN(CCCS(N)(=O)=O)C[C@H]2C)CC1. The van der Waals surface area contributed by atoms with E-state index >= 15 is 0 Å². The molecule has 0 radical (unpaired) electrons. The number of sulfonamides is 1. The van der Waals surface area contributed by atoms with Gasteiger partial charge in [-0.1, -0.05) is 6.92 Å². The minimum atomic E-state index is -3.35. The number of rotatable bonds is 5. The fourth-order valence-corrected chi connectivity index (χ4v) is 4.10. The number of primary sulfonamides is 1. The monoisotopic (exact) mass is 332 g/mol. The average Bonchev–Trinajstić information content (AvgIpc) is 2.78. The van der Waals surface area contributed by atoms with Gasteiger partial charge in [0.2, 0.25) is 15.9 Å². The highest BCUT2D eigenvalue weighted by Gasteiger charge is 2.35. The molecular weight excluding hydrogens is 304 g/mol. The summed E-state index contributed by atoms with van der Waals surface area (Å²) in [6.45, 7) is 10.1. The van der Waals surface area contributed by atoms with Crippen LogP contribution < -0.4 is 5.14 Å². The lowest BCUT2D eigenvalue weighted by atomic mass is 10.0. The second kappa shape index (κ2) is 7.25. The van der Waals surface area contributed by atoms with Gasteiger partial charge in [0.05, 0.1) is 5.75 Å². The molecule has 0 aliphatic carbocycles. The van der Waals surface area contributed by atoms with Crippen LogP contribution in [0.25, 0.3) is 0 Å². The van der Waals surface area contributed by atoms with Crippen molar-refractivity contribution >= 4 is 15.9 Å². The van der Waals surface area contributed by atoms with Gasteiger partial charge in [-0.3, -0.25) is 9.69 Å². The van der Waals surface area contributed by atoms with Gasteiger partial charge >= 0.3 is 0 Å². The smallest absolute Gasteiger partial charge is 0.219 e. The molecular formula is C14H28N4O3S. The van der Waals surface area contributed by atoms with E-state index < -0.39 is 10.0 Å². The fourth-order valence-electron chi connectivity index (χ4n) is 3.56. The third kappa shape index (κ3) is 4.91. The largest absolute Gasteiger partial charge is 0.340 e. The molecule has 2 heterocycles. The van der Waals surface area contributed by atoms with Gasteiger partial charge in [-0.05, 0) is 18.9 Å². The second-order valence-corrected chi connectivity index (χ2v) is 8.30. The number of nitrogens with zero attached hydrogens (tertiary/aromatic N) is 3. The minimum absolute atomic E-state index is 0.0554. The van der Waals surface area contributed by atoms with Crippen molar-refractivity contribution in [3.8, 4) is 0 Å². The summed E-state index contributed by atoms with van der Waals surface area (Å²) in [5, 5.41) is 5.04. The number of hydrogen-bond donors (Lipinski definition) is 1. The van der Waals surface area contributed by atoms with Crippen LogP contribution in [0.2, 0.25) is 0 Å². The standard InChI is InChI=1S/C14H28N4O3S/c1-12-10-16(4-3-9-22(15,20)21)11-14(12)18-7-5-17(6-8-18)13(2)19/h12,14H,3-11H2,1-2H3,(H2,15,20,21)/t12-,14-/m1/s1. The second-order valence-electron chi connectivity index (χ2n) is 6.57. The number of carbonyl (C=O) groups excluding carboxylic acids is 1. The van der Waals surface area contributed by atoms with Crippen molar-refractivity contribution in [1.82, 2.24) is 14.7 Å². The summed E-state index contributed by atoms with van der Waals surface area (Å²) in [5.74, 6) is 0.780. The van der Waals surface area contributed by atoms with Crippen molar-refractivity contribution in [2.75, 3.05) is 51.6 Å². The molecule has 2 atom stereocenters. The van der Waals surface area contributed by atoms with Gasteiger partial charge in [0.15, 0.2) is 0 Å². The topological polar surface area (TPSA) is 86.9 Å². The Morgan fingerprint density at radius 1 is 1.18 bits per heavy atom. The maximum Gasteiger partial charge on any atom is 0.219 e. The highest BCUT2D eigenvalue weighted by molar-refractivity contribution is 7.89. The van der Waals surface area contributed by atoms with E-state index in [9.17, 15) is 13.2 Å². The quantitative estimate of drug-likeness (QED) is 0.709. The summed E-state index contributed by atoms with van der Waals surface area (Å²) in [6, 6.07) is 0.503. The molecule has 2 rings (SSSR count). The number of likely N-dealkylation sites (tertiary alicyclic amines) is 1. The number of hydrogen-bond acceptors (Lipinski definition) is 5. The van der Waals surface area contributed by atoms with Gasteiger partial charge in [0.1, 0.15) is 0 Å². The van der Waals surface area contributed by atoms with Crippen molar-refractivity contribution in [2.24, 2.45) is 11.1 Å². The number of carbonyl (C=O) groups is 1. The van der Waals surface area contributed by atoms with Gasteiger partial charge in [-0.15, -0.1) is 0 Å². The third-order valence-corrected chi connectivity index (χ3v) is 5.64. The Morgan fingerprint density at radius 3 is 2.36 bits per heavy atom. The predicted molar refractivity (Wildman–Crippen MR) is 85.8 cm³/mol. The maximum absolute atomic E-state index is 11.4. The molecule has 8 heteroatoms. The fraction of sp³-hybridized carbons (Fsp3) is 0.929. The first-order chi connectivity index (χ1) is 10.3. The van der Waals surface area contributed by atoms with E-state index in [1.54, 1.807) is 6.92 Å². The summed E-state index contributed by atoms with van der Waals surface area (Å²) in [6.07, 6.45) is 0.594. The van der Waals surface area contributed by atoms with Crippen LogP contribution in [0.15, 0.2) is 0 Å². The van der Waals surface area contributed by atoms with Crippen LogP contribution in [0.3, 0.4) is 0 Å². The zero-order valence-corrected chi connectivity index (χ0v) is 14.4. The van der Waals surface area contributed by atoms with E-state index in [-0.39, 0.29) is 11.7 Å². The molecule has 2 saturated heterocycles. The first-order valence-corrected chi connectivity index (χ1v) is 9.70. The molecule has 2 aliphatic rings. The molecule has 2 aliphatic heterocycles. The molecule has 2 N–H and O–H groups in total. The molecule has 22 heavy (non-hydrogen) atoms. The zero-order chi connectivity index (χ0) is 16.3. The Kier molecular flexibility index (Phi) is 5.81. The Balaban J connectivity index is 1.78. The molecule has 2 fully saturated rings. The van der Waals surface area contributed by atoms with E-state index in [2.05, 4.69) is 16.7 Å². The van der Waals surface area contributed by atoms with Crippen molar-refractivity contribution in [1.29, 1.82) is 0 Å². The van der Waals surface area contributed by atoms with Crippen LogP contribution in [0.1, 0.15) is 20.3 Å². The molecule has 1 amide bonds. The van der Waals surface area contributed by atoms with Gasteiger partial charge < -0.3 is 9.80 Å². The summed E-state index contributed by atoms with van der Waals surface area (Å²) >= 11 is 0. The normalized spacial score (nSPS) is 28.2. The summed E-state index contributed by atoms with van der Waals surface area (Å²) < 4.78 is 22.0.